The van der Waals surface area contributed by atoms with Gasteiger partial charge in [0.05, 0.1) is 27.5 Å². The number of thiophene rings is 1. The van der Waals surface area contributed by atoms with Crippen molar-refractivity contribution in [2.75, 3.05) is 37.3 Å². The monoisotopic (exact) mass is 370 g/mol. The van der Waals surface area contributed by atoms with E-state index in [9.17, 15) is 4.79 Å². The van der Waals surface area contributed by atoms with Crippen LogP contribution >= 0.6 is 11.3 Å². The number of nitrogens with one attached hydrogen (secondary N) is 2. The molecule has 0 spiro atoms. The first-order chi connectivity index (χ1) is 12.7. The van der Waals surface area contributed by atoms with E-state index in [0.29, 0.717) is 18.2 Å². The van der Waals surface area contributed by atoms with Gasteiger partial charge < -0.3 is 15.5 Å². The molecule has 3 rings (SSSR count). The van der Waals surface area contributed by atoms with Crippen molar-refractivity contribution in [3.8, 4) is 0 Å². The van der Waals surface area contributed by atoms with Crippen LogP contribution in [-0.2, 0) is 0 Å². The van der Waals surface area contributed by atoms with Crippen LogP contribution in [0.1, 0.15) is 23.3 Å². The molecule has 8 heteroatoms. The molecule has 1 aliphatic rings. The summed E-state index contributed by atoms with van der Waals surface area (Å²) in [5, 5.41) is 7.18. The topological polar surface area (TPSA) is 82.5 Å². The minimum atomic E-state index is -0.0360. The number of aromatic nitrogens is 2. The molecule has 26 heavy (non-hydrogen) atoms. The lowest BCUT2D eigenvalue weighted by Crippen LogP contribution is -2.28. The van der Waals surface area contributed by atoms with Gasteiger partial charge in [0.15, 0.2) is 5.69 Å². The van der Waals surface area contributed by atoms with E-state index < -0.39 is 0 Å². The summed E-state index contributed by atoms with van der Waals surface area (Å²) in [7, 11) is 1.85. The Balaban J connectivity index is 1.96. The number of fused-ring (bicyclic) bond motifs is 1. The molecule has 0 aromatic carbocycles. The molecule has 2 N–H and O–H groups in total. The second kappa shape index (κ2) is 8.09. The summed E-state index contributed by atoms with van der Waals surface area (Å²) < 4.78 is 0.806. The summed E-state index contributed by atoms with van der Waals surface area (Å²) in [6.45, 7) is 9.17. The highest BCUT2D eigenvalue weighted by molar-refractivity contribution is 7.23. The number of hydrogen-bond acceptors (Lipinski definition) is 7. The van der Waals surface area contributed by atoms with E-state index in [2.05, 4.69) is 38.9 Å². The normalized spacial score (nSPS) is 14.5. The van der Waals surface area contributed by atoms with Gasteiger partial charge in [0.1, 0.15) is 0 Å². The van der Waals surface area contributed by atoms with Crippen molar-refractivity contribution in [2.24, 2.45) is 4.99 Å². The Morgan fingerprint density at radius 1 is 1.42 bits per heavy atom. The number of aliphatic imine (C=N–C) groups is 1. The molecule has 0 aliphatic carbocycles. The third-order valence-corrected chi connectivity index (χ3v) is 5.30. The third-order valence-electron chi connectivity index (χ3n) is 4.15. The van der Waals surface area contributed by atoms with Gasteiger partial charge in [0.2, 0.25) is 5.95 Å². The van der Waals surface area contributed by atoms with Crippen LogP contribution in [0.15, 0.2) is 35.5 Å². The van der Waals surface area contributed by atoms with Crippen LogP contribution in [-0.4, -0.2) is 54.2 Å². The summed E-state index contributed by atoms with van der Waals surface area (Å²) >= 11 is 1.49. The van der Waals surface area contributed by atoms with Gasteiger partial charge in [-0.2, -0.15) is 0 Å². The van der Waals surface area contributed by atoms with Gasteiger partial charge in [-0.15, -0.1) is 11.3 Å². The number of carbonyl (C=O) groups is 1. The van der Waals surface area contributed by atoms with E-state index in [-0.39, 0.29) is 5.91 Å². The lowest BCUT2D eigenvalue weighted by Gasteiger charge is -2.15. The van der Waals surface area contributed by atoms with Gasteiger partial charge in [-0.05, 0) is 31.7 Å². The van der Waals surface area contributed by atoms with E-state index in [1.54, 1.807) is 12.2 Å². The molecule has 1 amide bonds. The Labute approximate surface area is 156 Å². The SMILES string of the molecule is C=C/C=C(/CNc1nc(C(=O)N2CCCC2)c2sc(NC)cc2n1)N=C. The first kappa shape index (κ1) is 18.1. The zero-order chi connectivity index (χ0) is 18.5. The lowest BCUT2D eigenvalue weighted by molar-refractivity contribution is 0.0789. The van der Waals surface area contributed by atoms with Crippen LogP contribution in [0.25, 0.3) is 10.2 Å². The van der Waals surface area contributed by atoms with Crippen LogP contribution in [0.2, 0.25) is 0 Å². The number of likely N-dealkylation sites (tertiary alicyclic amines) is 1. The maximum Gasteiger partial charge on any atom is 0.274 e. The van der Waals surface area contributed by atoms with E-state index in [4.69, 9.17) is 0 Å². The quantitative estimate of drug-likeness (QED) is 0.578. The van der Waals surface area contributed by atoms with Gasteiger partial charge in [-0.3, -0.25) is 9.79 Å². The molecule has 2 aromatic heterocycles. The summed E-state index contributed by atoms with van der Waals surface area (Å²) in [5.41, 5.74) is 1.92. The smallest absolute Gasteiger partial charge is 0.274 e. The molecule has 3 heterocycles. The number of carbonyl (C=O) groups excluding carboxylic acids is 1. The summed E-state index contributed by atoms with van der Waals surface area (Å²) in [6, 6.07) is 1.93. The Bertz CT molecular complexity index is 866. The second-order valence-electron chi connectivity index (χ2n) is 5.88. The van der Waals surface area contributed by atoms with Crippen LogP contribution in [0, 0.1) is 0 Å². The van der Waals surface area contributed by atoms with Crippen molar-refractivity contribution < 1.29 is 4.79 Å². The Hall–Kier alpha value is -2.74. The van der Waals surface area contributed by atoms with Crippen LogP contribution in [0.4, 0.5) is 10.9 Å². The molecule has 1 saturated heterocycles. The van der Waals surface area contributed by atoms with Crippen molar-refractivity contribution in [3.05, 3.63) is 36.2 Å². The van der Waals surface area contributed by atoms with Crippen molar-refractivity contribution >= 4 is 45.1 Å². The number of allylic oxidation sites excluding steroid dienone is 2. The Morgan fingerprint density at radius 3 is 2.85 bits per heavy atom. The molecule has 0 saturated carbocycles. The molecule has 1 aliphatic heterocycles. The number of nitrogens with zero attached hydrogens (tertiary/aromatic N) is 4. The Kier molecular flexibility index (Phi) is 5.62. The molecule has 7 nitrogen and oxygen atoms in total. The molecule has 136 valence electrons. The zero-order valence-corrected chi connectivity index (χ0v) is 15.6. The average Bonchev–Trinajstić information content (AvgIpc) is 3.33. The lowest BCUT2D eigenvalue weighted by atomic mass is 10.3. The largest absolute Gasteiger partial charge is 0.380 e. The van der Waals surface area contributed by atoms with Crippen molar-refractivity contribution in [1.29, 1.82) is 0 Å². The standard InChI is InChI=1S/C18H22N6OS/c1-4-7-12(19-2)11-21-18-22-13-10-14(20-3)26-16(13)15(23-18)17(25)24-8-5-6-9-24/h4,7,10,20H,1-2,5-6,8-9,11H2,3H3,(H,21,22,23)/b12-7-. The Morgan fingerprint density at radius 2 is 2.19 bits per heavy atom. The minimum absolute atomic E-state index is 0.0360. The fraction of sp³-hybridized carbons (Fsp3) is 0.333. The summed E-state index contributed by atoms with van der Waals surface area (Å²) in [5.74, 6) is 0.366. The molecule has 2 aromatic rings. The molecular formula is C18H22N6OS. The van der Waals surface area contributed by atoms with Gasteiger partial charge in [-0.25, -0.2) is 9.97 Å². The third kappa shape index (κ3) is 3.75. The van der Waals surface area contributed by atoms with E-state index >= 15 is 0 Å². The average molecular weight is 370 g/mol. The molecular weight excluding hydrogens is 348 g/mol. The maximum atomic E-state index is 12.9. The van der Waals surface area contributed by atoms with Crippen LogP contribution in [0.5, 0.6) is 0 Å². The zero-order valence-electron chi connectivity index (χ0n) is 14.8. The van der Waals surface area contributed by atoms with Gasteiger partial charge in [0.25, 0.3) is 5.91 Å². The summed E-state index contributed by atoms with van der Waals surface area (Å²) in [4.78, 5) is 27.8. The first-order valence-corrected chi connectivity index (χ1v) is 9.28. The highest BCUT2D eigenvalue weighted by atomic mass is 32.1. The number of rotatable bonds is 7. The van der Waals surface area contributed by atoms with E-state index in [0.717, 1.165) is 46.8 Å². The van der Waals surface area contributed by atoms with Gasteiger partial charge >= 0.3 is 0 Å². The van der Waals surface area contributed by atoms with Crippen molar-refractivity contribution in [3.63, 3.8) is 0 Å². The molecule has 1 fully saturated rings. The number of anilines is 2. The predicted octanol–water partition coefficient (Wildman–Crippen LogP) is 3.15. The van der Waals surface area contributed by atoms with E-state index in [1.807, 2.05) is 18.0 Å². The number of amides is 1. The molecule has 0 bridgehead atoms. The predicted molar refractivity (Wildman–Crippen MR) is 108 cm³/mol. The highest BCUT2D eigenvalue weighted by Crippen LogP contribution is 2.32. The van der Waals surface area contributed by atoms with Gasteiger partial charge in [0, 0.05) is 20.1 Å². The first-order valence-electron chi connectivity index (χ1n) is 8.47. The van der Waals surface area contributed by atoms with Crippen LogP contribution < -0.4 is 10.6 Å². The molecule has 0 unspecified atom stereocenters. The molecule has 0 radical (unpaired) electrons. The summed E-state index contributed by atoms with van der Waals surface area (Å²) in [6.07, 6.45) is 5.49. The fourth-order valence-corrected chi connectivity index (χ4v) is 3.75. The van der Waals surface area contributed by atoms with Crippen molar-refractivity contribution in [1.82, 2.24) is 14.9 Å². The van der Waals surface area contributed by atoms with Gasteiger partial charge in [-0.1, -0.05) is 12.7 Å². The van der Waals surface area contributed by atoms with Crippen LogP contribution in [0.3, 0.4) is 0 Å². The van der Waals surface area contributed by atoms with E-state index in [1.165, 1.54) is 11.3 Å². The highest BCUT2D eigenvalue weighted by Gasteiger charge is 2.25. The maximum absolute atomic E-state index is 12.9. The second-order valence-corrected chi connectivity index (χ2v) is 6.93. The van der Waals surface area contributed by atoms with Crippen molar-refractivity contribution in [2.45, 2.75) is 12.8 Å². The number of hydrogen-bond donors (Lipinski definition) is 2. The molecule has 0 atom stereocenters. The minimum Gasteiger partial charge on any atom is -0.380 e. The fourth-order valence-electron chi connectivity index (χ4n) is 2.82.